The highest BCUT2D eigenvalue weighted by Gasteiger charge is 2.43. The van der Waals surface area contributed by atoms with E-state index in [4.69, 9.17) is 15.2 Å². The normalized spacial score (nSPS) is 17.4. The van der Waals surface area contributed by atoms with Gasteiger partial charge >= 0.3 is 0 Å². The Kier molecular flexibility index (Phi) is 8.57. The molecular weight excluding hydrogens is 454 g/mol. The number of piperidine rings is 1. The number of unbranched alkanes of at least 4 members (excludes halogenated alkanes) is 1. The van der Waals surface area contributed by atoms with Gasteiger partial charge in [0.25, 0.3) is 5.91 Å². The lowest BCUT2D eigenvalue weighted by Crippen LogP contribution is -2.48. The number of methoxy groups -OCH3 is 1. The molecule has 3 aromatic rings. The first-order valence-corrected chi connectivity index (χ1v) is 12.6. The molecule has 2 heterocycles. The maximum atomic E-state index is 13.2. The van der Waals surface area contributed by atoms with Crippen molar-refractivity contribution in [1.29, 1.82) is 0 Å². The minimum atomic E-state index is -1.17. The van der Waals surface area contributed by atoms with Crippen molar-refractivity contribution in [2.24, 2.45) is 5.92 Å². The van der Waals surface area contributed by atoms with Gasteiger partial charge in [-0.1, -0.05) is 36.4 Å². The summed E-state index contributed by atoms with van der Waals surface area (Å²) in [7, 11) is 1.69. The second-order valence-electron chi connectivity index (χ2n) is 9.35. The number of ether oxygens (including phenoxy) is 2. The number of aromatic nitrogens is 1. The van der Waals surface area contributed by atoms with E-state index in [1.165, 1.54) is 6.20 Å². The highest BCUT2D eigenvalue weighted by molar-refractivity contribution is 5.94. The molecule has 0 aliphatic carbocycles. The van der Waals surface area contributed by atoms with Crippen LogP contribution in [0, 0.1) is 5.92 Å². The van der Waals surface area contributed by atoms with Crippen LogP contribution in [0.3, 0.4) is 0 Å². The van der Waals surface area contributed by atoms with Gasteiger partial charge in [-0.05, 0) is 62.4 Å². The maximum absolute atomic E-state index is 13.2. The molecule has 2 aromatic carbocycles. The molecule has 3 N–H and O–H groups in total. The van der Waals surface area contributed by atoms with E-state index in [1.54, 1.807) is 19.2 Å². The Balaban J connectivity index is 1.62. The number of benzene rings is 2. The van der Waals surface area contributed by atoms with E-state index < -0.39 is 5.60 Å². The lowest BCUT2D eigenvalue weighted by atomic mass is 9.73. The number of nitrogens with two attached hydrogens (primary N) is 1. The summed E-state index contributed by atoms with van der Waals surface area (Å²) >= 11 is 0. The molecule has 2 atom stereocenters. The Labute approximate surface area is 212 Å². The monoisotopic (exact) mass is 489 g/mol. The number of pyridine rings is 1. The number of nitrogen functional groups attached to an aromatic ring is 1. The average molecular weight is 490 g/mol. The third-order valence-electron chi connectivity index (χ3n) is 6.90. The first-order valence-electron chi connectivity index (χ1n) is 12.6. The van der Waals surface area contributed by atoms with E-state index in [2.05, 4.69) is 4.98 Å². The van der Waals surface area contributed by atoms with Crippen LogP contribution in [0.2, 0.25) is 0 Å². The van der Waals surface area contributed by atoms with E-state index in [0.717, 1.165) is 31.2 Å². The summed E-state index contributed by atoms with van der Waals surface area (Å²) < 4.78 is 11.5. The molecule has 1 saturated heterocycles. The standard InChI is InChI=1S/C29H35N3O4/c1-35-19-8-7-17-29(34,25-13-5-6-14-26(25)36-24-11-3-2-4-12-24)23-10-9-18-32(21-23)28(33)22-15-16-27(30)31-20-22/h2-6,11-16,20,23,34H,7-10,17-19,21H2,1H3,(H2,30,31). The molecule has 0 spiro atoms. The number of rotatable bonds is 10. The maximum Gasteiger partial charge on any atom is 0.255 e. The van der Waals surface area contributed by atoms with Gasteiger partial charge in [0, 0.05) is 44.5 Å². The second-order valence-corrected chi connectivity index (χ2v) is 9.35. The number of aliphatic hydroxyl groups is 1. The van der Waals surface area contributed by atoms with Crippen molar-refractivity contribution >= 4 is 11.7 Å². The zero-order chi connectivity index (χ0) is 25.4. The first-order chi connectivity index (χ1) is 17.5. The molecule has 0 saturated carbocycles. The SMILES string of the molecule is COCCCCC(O)(c1ccccc1Oc1ccccc1)C1CCCN(C(=O)c2ccc(N)nc2)C1. The van der Waals surface area contributed by atoms with Crippen LogP contribution >= 0.6 is 0 Å². The van der Waals surface area contributed by atoms with Crippen LogP contribution in [0.25, 0.3) is 0 Å². The van der Waals surface area contributed by atoms with Crippen LogP contribution in [0.4, 0.5) is 5.82 Å². The predicted octanol–water partition coefficient (Wildman–Crippen LogP) is 5.01. The second kappa shape index (κ2) is 12.0. The van der Waals surface area contributed by atoms with E-state index in [9.17, 15) is 9.90 Å². The van der Waals surface area contributed by atoms with Crippen LogP contribution in [0.1, 0.15) is 48.0 Å². The van der Waals surface area contributed by atoms with Crippen molar-refractivity contribution in [2.45, 2.75) is 37.7 Å². The third kappa shape index (κ3) is 6.04. The summed E-state index contributed by atoms with van der Waals surface area (Å²) in [5, 5.41) is 12.4. The fourth-order valence-corrected chi connectivity index (χ4v) is 4.99. The molecule has 4 rings (SSSR count). The molecule has 7 nitrogen and oxygen atoms in total. The van der Waals surface area contributed by atoms with Gasteiger partial charge in [-0.15, -0.1) is 0 Å². The molecule has 190 valence electrons. The molecule has 1 aliphatic heterocycles. The number of hydrogen-bond donors (Lipinski definition) is 2. The van der Waals surface area contributed by atoms with Crippen LogP contribution in [0.5, 0.6) is 11.5 Å². The van der Waals surface area contributed by atoms with Gasteiger partial charge in [0.05, 0.1) is 11.2 Å². The van der Waals surface area contributed by atoms with Gasteiger partial charge < -0.3 is 25.2 Å². The summed E-state index contributed by atoms with van der Waals surface area (Å²) in [6.45, 7) is 1.73. The molecule has 1 aliphatic rings. The number of anilines is 1. The molecule has 0 radical (unpaired) electrons. The largest absolute Gasteiger partial charge is 0.457 e. The van der Waals surface area contributed by atoms with Gasteiger partial charge in [-0.2, -0.15) is 0 Å². The first kappa shape index (κ1) is 25.7. The van der Waals surface area contributed by atoms with Crippen molar-refractivity contribution in [3.63, 3.8) is 0 Å². The van der Waals surface area contributed by atoms with E-state index in [1.807, 2.05) is 59.5 Å². The summed E-state index contributed by atoms with van der Waals surface area (Å²) in [5.41, 5.74) is 5.78. The fourth-order valence-electron chi connectivity index (χ4n) is 4.99. The highest BCUT2D eigenvalue weighted by Crippen LogP contribution is 2.44. The number of amides is 1. The van der Waals surface area contributed by atoms with Gasteiger partial charge in [-0.3, -0.25) is 4.79 Å². The predicted molar refractivity (Wildman–Crippen MR) is 140 cm³/mol. The summed E-state index contributed by atoms with van der Waals surface area (Å²) in [4.78, 5) is 19.1. The fraction of sp³-hybridized carbons (Fsp3) is 0.379. The van der Waals surface area contributed by atoms with E-state index >= 15 is 0 Å². The van der Waals surface area contributed by atoms with Crippen LogP contribution in [-0.4, -0.2) is 47.7 Å². The Morgan fingerprint density at radius 3 is 2.64 bits per heavy atom. The zero-order valence-corrected chi connectivity index (χ0v) is 20.8. The third-order valence-corrected chi connectivity index (χ3v) is 6.90. The van der Waals surface area contributed by atoms with Gasteiger partial charge in [0.2, 0.25) is 0 Å². The number of carbonyl (C=O) groups is 1. The van der Waals surface area contributed by atoms with Gasteiger partial charge in [0.15, 0.2) is 0 Å². The molecule has 1 fully saturated rings. The van der Waals surface area contributed by atoms with Crippen molar-refractivity contribution in [3.8, 4) is 11.5 Å². The molecule has 2 unspecified atom stereocenters. The molecule has 36 heavy (non-hydrogen) atoms. The van der Waals surface area contributed by atoms with Crippen LogP contribution in [0.15, 0.2) is 72.9 Å². The Hall–Kier alpha value is -3.42. The van der Waals surface area contributed by atoms with Crippen molar-refractivity contribution in [1.82, 2.24) is 9.88 Å². The van der Waals surface area contributed by atoms with Crippen LogP contribution < -0.4 is 10.5 Å². The topological polar surface area (TPSA) is 97.9 Å². The zero-order valence-electron chi connectivity index (χ0n) is 20.8. The number of likely N-dealkylation sites (tertiary alicyclic amines) is 1. The van der Waals surface area contributed by atoms with E-state index in [0.29, 0.717) is 49.0 Å². The minimum Gasteiger partial charge on any atom is -0.457 e. The van der Waals surface area contributed by atoms with Gasteiger partial charge in [-0.25, -0.2) is 4.98 Å². The quantitative estimate of drug-likeness (QED) is 0.389. The Bertz CT molecular complexity index is 1120. The van der Waals surface area contributed by atoms with Gasteiger partial charge in [0.1, 0.15) is 17.3 Å². The summed E-state index contributed by atoms with van der Waals surface area (Å²) in [5.74, 6) is 1.47. The lowest BCUT2D eigenvalue weighted by molar-refractivity contribution is -0.0589. The molecule has 7 heteroatoms. The highest BCUT2D eigenvalue weighted by atomic mass is 16.5. The summed E-state index contributed by atoms with van der Waals surface area (Å²) in [6, 6.07) is 20.6. The number of carbonyl (C=O) groups excluding carboxylic acids is 1. The molecular formula is C29H35N3O4. The Morgan fingerprint density at radius 2 is 1.89 bits per heavy atom. The molecule has 1 amide bonds. The van der Waals surface area contributed by atoms with E-state index in [-0.39, 0.29) is 11.8 Å². The Morgan fingerprint density at radius 1 is 1.11 bits per heavy atom. The van der Waals surface area contributed by atoms with Crippen molar-refractivity contribution in [3.05, 3.63) is 84.1 Å². The number of para-hydroxylation sites is 2. The average Bonchev–Trinajstić information content (AvgIpc) is 2.92. The lowest BCUT2D eigenvalue weighted by Gasteiger charge is -2.43. The number of nitrogens with zero attached hydrogens (tertiary/aromatic N) is 2. The molecule has 1 aromatic heterocycles. The van der Waals surface area contributed by atoms with Crippen molar-refractivity contribution in [2.75, 3.05) is 32.5 Å². The minimum absolute atomic E-state index is 0.0947. The number of hydrogen-bond acceptors (Lipinski definition) is 6. The summed E-state index contributed by atoms with van der Waals surface area (Å²) in [6.07, 6.45) is 5.30. The van der Waals surface area contributed by atoms with Crippen LogP contribution in [-0.2, 0) is 10.3 Å². The smallest absolute Gasteiger partial charge is 0.255 e. The molecule has 0 bridgehead atoms. The van der Waals surface area contributed by atoms with Crippen molar-refractivity contribution < 1.29 is 19.4 Å².